The molecule has 47 heavy (non-hydrogen) atoms. The molecular weight excluding hydrogens is 590 g/mol. The number of aliphatic hydroxyl groups excluding tert-OH is 1. The summed E-state index contributed by atoms with van der Waals surface area (Å²) in [5, 5.41) is 23.6. The molecule has 7 nitrogen and oxygen atoms in total. The van der Waals surface area contributed by atoms with Crippen LogP contribution < -0.4 is 0 Å². The van der Waals surface area contributed by atoms with E-state index in [9.17, 15) is 15.0 Å². The van der Waals surface area contributed by atoms with Crippen molar-refractivity contribution in [2.45, 2.75) is 168 Å². The quantitative estimate of drug-likeness (QED) is 0.308. The van der Waals surface area contributed by atoms with Crippen molar-refractivity contribution in [3.63, 3.8) is 0 Å². The number of ether oxygens (including phenoxy) is 3. The van der Waals surface area contributed by atoms with Gasteiger partial charge in [-0.25, -0.2) is 0 Å². The molecule has 2 spiro atoms. The Morgan fingerprint density at radius 3 is 2.32 bits per heavy atom. The molecule has 1 unspecified atom stereocenters. The molecule has 0 aromatic rings. The van der Waals surface area contributed by atoms with Crippen LogP contribution in [0.2, 0.25) is 0 Å². The average Bonchev–Trinajstić information content (AvgIpc) is 3.58. The van der Waals surface area contributed by atoms with E-state index in [1.165, 1.54) is 32.1 Å². The Kier molecular flexibility index (Phi) is 7.57. The Labute approximate surface area is 284 Å². The Morgan fingerprint density at radius 1 is 1.00 bits per heavy atom. The number of carbonyl (C=O) groups is 1. The number of carbonyl (C=O) groups excluding carboxylic acids is 1. The summed E-state index contributed by atoms with van der Waals surface area (Å²) in [6, 6.07) is 0.712. The van der Waals surface area contributed by atoms with Gasteiger partial charge in [-0.05, 0) is 125 Å². The molecule has 0 aromatic heterocycles. The Bertz CT molecular complexity index is 1250. The van der Waals surface area contributed by atoms with Crippen LogP contribution in [0.25, 0.3) is 0 Å². The first-order valence-electron chi connectivity index (χ1n) is 19.7. The lowest BCUT2D eigenvalue weighted by molar-refractivity contribution is -0.215. The first-order valence-corrected chi connectivity index (χ1v) is 19.7. The lowest BCUT2D eigenvalue weighted by Crippen LogP contribution is -2.60. The molecule has 266 valence electrons. The molecule has 6 aliphatic carbocycles. The Balaban J connectivity index is 1.01. The molecule has 6 saturated carbocycles. The third-order valence-corrected chi connectivity index (χ3v) is 17.2. The molecule has 8 aliphatic rings. The molecule has 13 atom stereocenters. The normalized spacial score (nSPS) is 51.3. The number of rotatable bonds is 7. The predicted octanol–water partition coefficient (Wildman–Crippen LogP) is 6.37. The van der Waals surface area contributed by atoms with Crippen LogP contribution in [0.4, 0.5) is 0 Å². The number of aliphatic hydroxyl groups is 2. The van der Waals surface area contributed by atoms with Gasteiger partial charge in [0.2, 0.25) is 0 Å². The Hall–Kier alpha value is -0.730. The average molecular weight is 656 g/mol. The van der Waals surface area contributed by atoms with Gasteiger partial charge < -0.3 is 24.4 Å². The summed E-state index contributed by atoms with van der Waals surface area (Å²) in [4.78, 5) is 15.9. The van der Waals surface area contributed by atoms with Crippen LogP contribution in [0.3, 0.4) is 0 Å². The molecule has 8 fully saturated rings. The highest BCUT2D eigenvalue weighted by atomic mass is 16.6. The van der Waals surface area contributed by atoms with Crippen LogP contribution in [-0.4, -0.2) is 82.9 Å². The summed E-state index contributed by atoms with van der Waals surface area (Å²) >= 11 is 0. The first-order chi connectivity index (χ1) is 22.0. The lowest BCUT2D eigenvalue weighted by Gasteiger charge is -2.63. The van der Waals surface area contributed by atoms with Crippen molar-refractivity contribution in [1.82, 2.24) is 4.90 Å². The molecule has 2 saturated heterocycles. The smallest absolute Gasteiger partial charge is 0.311 e. The molecule has 0 bridgehead atoms. The van der Waals surface area contributed by atoms with Crippen molar-refractivity contribution in [2.24, 2.45) is 56.7 Å². The van der Waals surface area contributed by atoms with Crippen molar-refractivity contribution in [3.05, 3.63) is 0 Å². The van der Waals surface area contributed by atoms with Crippen LogP contribution in [0.15, 0.2) is 0 Å². The van der Waals surface area contributed by atoms with Crippen molar-refractivity contribution in [2.75, 3.05) is 19.7 Å². The third-order valence-electron chi connectivity index (χ3n) is 17.2. The Morgan fingerprint density at radius 2 is 1.68 bits per heavy atom. The van der Waals surface area contributed by atoms with Crippen LogP contribution in [0.1, 0.15) is 126 Å². The van der Waals surface area contributed by atoms with E-state index in [0.717, 1.165) is 51.6 Å². The number of hydrogen-bond acceptors (Lipinski definition) is 7. The van der Waals surface area contributed by atoms with Gasteiger partial charge in [-0.15, -0.1) is 0 Å². The second-order valence-corrected chi connectivity index (χ2v) is 19.7. The monoisotopic (exact) mass is 655 g/mol. The van der Waals surface area contributed by atoms with Crippen molar-refractivity contribution < 1.29 is 29.2 Å². The molecule has 2 N–H and O–H groups in total. The van der Waals surface area contributed by atoms with Gasteiger partial charge in [-0.2, -0.15) is 0 Å². The first kappa shape index (κ1) is 33.4. The summed E-state index contributed by atoms with van der Waals surface area (Å²) in [5.41, 5.74) is -0.714. The molecule has 0 aromatic carbocycles. The molecule has 2 heterocycles. The fourth-order valence-electron chi connectivity index (χ4n) is 14.6. The summed E-state index contributed by atoms with van der Waals surface area (Å²) in [7, 11) is 0. The van der Waals surface area contributed by atoms with Crippen molar-refractivity contribution in [1.29, 1.82) is 0 Å². The van der Waals surface area contributed by atoms with Gasteiger partial charge in [0.25, 0.3) is 0 Å². The van der Waals surface area contributed by atoms with E-state index >= 15 is 0 Å². The number of nitrogens with zero attached hydrogens (tertiary/aromatic N) is 1. The second kappa shape index (κ2) is 10.7. The zero-order valence-corrected chi connectivity index (χ0v) is 30.7. The van der Waals surface area contributed by atoms with Crippen LogP contribution >= 0.6 is 0 Å². The molecule has 8 rings (SSSR count). The van der Waals surface area contributed by atoms with Gasteiger partial charge in [0.05, 0.1) is 29.8 Å². The maximum atomic E-state index is 13.4. The van der Waals surface area contributed by atoms with Crippen LogP contribution in [0, 0.1) is 56.7 Å². The third kappa shape index (κ3) is 4.31. The predicted molar refractivity (Wildman–Crippen MR) is 180 cm³/mol. The second-order valence-electron chi connectivity index (χ2n) is 19.7. The van der Waals surface area contributed by atoms with E-state index < -0.39 is 17.8 Å². The fourth-order valence-corrected chi connectivity index (χ4v) is 14.6. The maximum Gasteiger partial charge on any atom is 0.311 e. The molecular formula is C40H65NO6. The molecule has 0 radical (unpaired) electrons. The molecule has 2 aliphatic heterocycles. The highest BCUT2D eigenvalue weighted by Crippen LogP contribution is 2.89. The number of esters is 1. The summed E-state index contributed by atoms with van der Waals surface area (Å²) in [6.07, 6.45) is 11.5. The highest BCUT2D eigenvalue weighted by molar-refractivity contribution is 5.74. The zero-order chi connectivity index (χ0) is 33.5. The van der Waals surface area contributed by atoms with Gasteiger partial charge in [0.1, 0.15) is 12.2 Å². The minimum atomic E-state index is -1.02. The minimum absolute atomic E-state index is 0.00204. The largest absolute Gasteiger partial charge is 0.462 e. The van der Waals surface area contributed by atoms with Crippen molar-refractivity contribution >= 4 is 5.97 Å². The molecule has 7 heteroatoms. The van der Waals surface area contributed by atoms with Gasteiger partial charge in [-0.3, -0.25) is 9.69 Å². The van der Waals surface area contributed by atoms with E-state index in [0.29, 0.717) is 41.7 Å². The van der Waals surface area contributed by atoms with E-state index in [-0.39, 0.29) is 51.9 Å². The number of hydrogen-bond donors (Lipinski definition) is 2. The lowest BCUT2D eigenvalue weighted by atomic mass is 9.41. The van der Waals surface area contributed by atoms with E-state index in [1.807, 2.05) is 20.8 Å². The van der Waals surface area contributed by atoms with Gasteiger partial charge in [0, 0.05) is 36.6 Å². The number of likely N-dealkylation sites (tertiary alicyclic amines) is 1. The maximum absolute atomic E-state index is 13.4. The van der Waals surface area contributed by atoms with Gasteiger partial charge in [-0.1, -0.05) is 41.0 Å². The summed E-state index contributed by atoms with van der Waals surface area (Å²) < 4.78 is 19.5. The number of fused-ring (bicyclic) bond motifs is 4. The van der Waals surface area contributed by atoms with Crippen LogP contribution in [-0.2, 0) is 19.0 Å². The summed E-state index contributed by atoms with van der Waals surface area (Å²) in [5.74, 6) is 1.81. The van der Waals surface area contributed by atoms with Gasteiger partial charge in [0.15, 0.2) is 0 Å². The van der Waals surface area contributed by atoms with E-state index in [2.05, 4.69) is 39.5 Å². The fraction of sp³-hybridized carbons (Fsp3) is 0.975. The van der Waals surface area contributed by atoms with Gasteiger partial charge >= 0.3 is 5.97 Å². The minimum Gasteiger partial charge on any atom is -0.462 e. The summed E-state index contributed by atoms with van der Waals surface area (Å²) in [6.45, 7) is 20.1. The zero-order valence-electron chi connectivity index (χ0n) is 30.7. The highest BCUT2D eigenvalue weighted by Gasteiger charge is 2.85. The topological polar surface area (TPSA) is 88.5 Å². The van der Waals surface area contributed by atoms with Crippen LogP contribution in [0.5, 0.6) is 0 Å². The van der Waals surface area contributed by atoms with Crippen molar-refractivity contribution in [3.8, 4) is 0 Å². The SMILES string of the molecule is CCO[C@@H]([C@H]1C[C@@H](C)[C@H]2[C@H](O1)[C@H](O)[C@@]1(C)[C@@H]3CC[C@H]4C(C)(C)[C@@H](OC(=O)C5CN(C6CCC6)C5)CCC45C[C@@]35CC[C@]21C)C(C)(C)O. The van der Waals surface area contributed by atoms with E-state index in [1.54, 1.807) is 0 Å². The molecule has 0 amide bonds. The standard InChI is InChI=1S/C40H65NO6/c1-9-45-33(36(5,6)44)26-19-23(2)30-31(46-26)32(42)38(8)28-14-13-27-35(3,4)29(47-34(43)24-20-41(21-24)25-11-10-12-25)15-16-39(27)22-40(28,39)18-17-37(30,38)7/h23-33,42,44H,9-22H2,1-8H3/t23-,26-,27+,28+,29+,30+,31+,32+,33+,37-,38-,39?,40+/m1/s1. The van der Waals surface area contributed by atoms with E-state index in [4.69, 9.17) is 14.2 Å².